The summed E-state index contributed by atoms with van der Waals surface area (Å²) < 4.78 is 10.8. The Kier molecular flexibility index (Phi) is 5.86. The molecule has 3 N–H and O–H groups in total. The Hall–Kier alpha value is -2.78. The van der Waals surface area contributed by atoms with Crippen LogP contribution in [0.3, 0.4) is 0 Å². The van der Waals surface area contributed by atoms with Crippen LogP contribution < -0.4 is 5.32 Å². The van der Waals surface area contributed by atoms with Crippen molar-refractivity contribution in [3.05, 3.63) is 53.6 Å². The van der Waals surface area contributed by atoms with E-state index >= 15 is 0 Å². The third-order valence-electron chi connectivity index (χ3n) is 5.08. The molecule has 0 saturated carbocycles. The van der Waals surface area contributed by atoms with Gasteiger partial charge in [-0.25, -0.2) is 4.79 Å². The minimum atomic E-state index is -0.999. The quantitative estimate of drug-likeness (QED) is 0.520. The van der Waals surface area contributed by atoms with Crippen LogP contribution in [0.15, 0.2) is 47.0 Å². The van der Waals surface area contributed by atoms with Crippen LogP contribution in [0.1, 0.15) is 22.1 Å². The molecule has 1 saturated heterocycles. The maximum atomic E-state index is 11.2. The van der Waals surface area contributed by atoms with Gasteiger partial charge in [0.1, 0.15) is 11.7 Å². The zero-order valence-corrected chi connectivity index (χ0v) is 15.9. The van der Waals surface area contributed by atoms with E-state index in [9.17, 15) is 15.0 Å². The highest BCUT2D eigenvalue weighted by atomic mass is 16.5. The number of benzene rings is 2. The fraction of sp³-hybridized carbons (Fsp3) is 0.333. The number of fused-ring (bicyclic) bond motifs is 1. The van der Waals surface area contributed by atoms with Gasteiger partial charge in [0.15, 0.2) is 5.76 Å². The van der Waals surface area contributed by atoms with Crippen LogP contribution in [-0.2, 0) is 4.74 Å². The first-order valence-corrected chi connectivity index (χ1v) is 9.56. The van der Waals surface area contributed by atoms with Crippen molar-refractivity contribution in [2.75, 3.05) is 39.4 Å². The van der Waals surface area contributed by atoms with Gasteiger partial charge in [0.2, 0.25) is 0 Å². The van der Waals surface area contributed by atoms with Crippen molar-refractivity contribution in [2.24, 2.45) is 0 Å². The smallest absolute Gasteiger partial charge is 0.335 e. The average Bonchev–Trinajstić information content (AvgIpc) is 3.18. The van der Waals surface area contributed by atoms with Gasteiger partial charge in [0.05, 0.1) is 24.2 Å². The summed E-state index contributed by atoms with van der Waals surface area (Å²) in [6, 6.07) is 12.0. The average molecular weight is 397 g/mol. The summed E-state index contributed by atoms with van der Waals surface area (Å²) in [5.41, 5.74) is 2.28. The molecule has 2 aromatic carbocycles. The molecule has 29 heavy (non-hydrogen) atoms. The van der Waals surface area contributed by atoms with Crippen molar-refractivity contribution in [3.63, 3.8) is 0 Å². The number of carbonyl (C=O) groups is 1. The summed E-state index contributed by atoms with van der Waals surface area (Å²) in [7, 11) is 0. The largest absolute Gasteiger partial charge is 0.478 e. The molecule has 1 atom stereocenters. The van der Waals surface area contributed by atoms with E-state index in [1.54, 1.807) is 12.1 Å². The second-order valence-corrected chi connectivity index (χ2v) is 6.98. The molecular weight excluding hydrogens is 374 g/mol. The predicted octanol–water partition coefficient (Wildman–Crippen LogP) is 2.11. The molecule has 0 aliphatic carbocycles. The fourth-order valence-corrected chi connectivity index (χ4v) is 3.40. The van der Waals surface area contributed by atoms with Crippen molar-refractivity contribution in [1.82, 2.24) is 15.4 Å². The van der Waals surface area contributed by atoms with E-state index in [4.69, 9.17) is 9.26 Å². The number of nitrogens with one attached hydrogen (secondary N) is 1. The summed E-state index contributed by atoms with van der Waals surface area (Å²) in [6.07, 6.45) is -0.768. The zero-order valence-electron chi connectivity index (χ0n) is 15.9. The standard InChI is InChI=1S/C21H23N3O5/c25-20(22-7-8-24-9-11-28-12-10-24)15-3-1-14(2-4-15)19-17-13-16(21(26)27)5-6-18(17)23-29-19/h1-6,13,20,22,25H,7-12H2,(H,26,27). The number of hydrogen-bond donors (Lipinski definition) is 3. The van der Waals surface area contributed by atoms with Crippen LogP contribution in [0.25, 0.3) is 22.2 Å². The second kappa shape index (κ2) is 8.71. The first kappa shape index (κ1) is 19.5. The number of rotatable bonds is 7. The number of aliphatic hydroxyl groups is 1. The van der Waals surface area contributed by atoms with Gasteiger partial charge < -0.3 is 19.5 Å². The molecule has 2 heterocycles. The number of carboxylic acid groups (broad SMARTS) is 1. The number of carboxylic acids is 1. The van der Waals surface area contributed by atoms with Gasteiger partial charge >= 0.3 is 5.97 Å². The van der Waals surface area contributed by atoms with Gasteiger partial charge in [-0.3, -0.25) is 10.2 Å². The van der Waals surface area contributed by atoms with Crippen molar-refractivity contribution in [2.45, 2.75) is 6.23 Å². The molecule has 1 unspecified atom stereocenters. The van der Waals surface area contributed by atoms with Crippen LogP contribution in [0.4, 0.5) is 0 Å². The van der Waals surface area contributed by atoms with Gasteiger partial charge in [0, 0.05) is 31.7 Å². The molecular formula is C21H23N3O5. The summed E-state index contributed by atoms with van der Waals surface area (Å²) in [5.74, 6) is -0.495. The molecule has 1 aliphatic heterocycles. The highest BCUT2D eigenvalue weighted by Gasteiger charge is 2.15. The van der Waals surface area contributed by atoms with E-state index in [-0.39, 0.29) is 5.56 Å². The fourth-order valence-electron chi connectivity index (χ4n) is 3.40. The normalized spacial score (nSPS) is 16.2. The van der Waals surface area contributed by atoms with Crippen LogP contribution in [0.5, 0.6) is 0 Å². The molecule has 3 aromatic rings. The molecule has 1 aromatic heterocycles. The van der Waals surface area contributed by atoms with Gasteiger partial charge in [-0.1, -0.05) is 29.4 Å². The Balaban J connectivity index is 1.42. The molecule has 8 nitrogen and oxygen atoms in total. The van der Waals surface area contributed by atoms with Crippen LogP contribution in [0, 0.1) is 0 Å². The Labute approximate surface area is 167 Å². The minimum Gasteiger partial charge on any atom is -0.478 e. The van der Waals surface area contributed by atoms with Gasteiger partial charge in [-0.2, -0.15) is 0 Å². The topological polar surface area (TPSA) is 108 Å². The Morgan fingerprint density at radius 2 is 1.93 bits per heavy atom. The third kappa shape index (κ3) is 4.46. The number of nitrogens with zero attached hydrogens (tertiary/aromatic N) is 2. The summed E-state index contributed by atoms with van der Waals surface area (Å²) >= 11 is 0. The van der Waals surface area contributed by atoms with Crippen molar-refractivity contribution >= 4 is 16.9 Å². The van der Waals surface area contributed by atoms with E-state index in [1.807, 2.05) is 24.3 Å². The molecule has 1 aliphatic rings. The van der Waals surface area contributed by atoms with Gasteiger partial charge in [0.25, 0.3) is 0 Å². The highest BCUT2D eigenvalue weighted by molar-refractivity contribution is 5.98. The lowest BCUT2D eigenvalue weighted by Gasteiger charge is -2.27. The van der Waals surface area contributed by atoms with E-state index < -0.39 is 12.2 Å². The highest BCUT2D eigenvalue weighted by Crippen LogP contribution is 2.30. The third-order valence-corrected chi connectivity index (χ3v) is 5.08. The number of ether oxygens (including phenoxy) is 1. The van der Waals surface area contributed by atoms with E-state index in [1.165, 1.54) is 6.07 Å². The summed E-state index contributed by atoms with van der Waals surface area (Å²) in [6.45, 7) is 4.88. The molecule has 1 fully saturated rings. The molecule has 152 valence electrons. The molecule has 4 rings (SSSR count). The number of aromatic nitrogens is 1. The molecule has 8 heteroatoms. The Bertz CT molecular complexity index is 980. The molecule has 0 amide bonds. The van der Waals surface area contributed by atoms with Crippen molar-refractivity contribution in [3.8, 4) is 11.3 Å². The number of aromatic carboxylic acids is 1. The van der Waals surface area contributed by atoms with Gasteiger partial charge in [-0.05, 0) is 23.8 Å². The summed E-state index contributed by atoms with van der Waals surface area (Å²) in [5, 5.41) is 27.3. The van der Waals surface area contributed by atoms with E-state index in [0.29, 0.717) is 23.2 Å². The summed E-state index contributed by atoms with van der Waals surface area (Å²) in [4.78, 5) is 13.5. The number of hydrogen-bond acceptors (Lipinski definition) is 7. The molecule has 0 bridgehead atoms. The lowest BCUT2D eigenvalue weighted by Crippen LogP contribution is -2.40. The first-order chi connectivity index (χ1) is 14.1. The van der Waals surface area contributed by atoms with Crippen LogP contribution in [0.2, 0.25) is 0 Å². The van der Waals surface area contributed by atoms with Gasteiger partial charge in [-0.15, -0.1) is 0 Å². The van der Waals surface area contributed by atoms with E-state index in [0.717, 1.165) is 44.0 Å². The van der Waals surface area contributed by atoms with Crippen LogP contribution >= 0.6 is 0 Å². The zero-order chi connectivity index (χ0) is 20.2. The lowest BCUT2D eigenvalue weighted by molar-refractivity contribution is 0.0356. The molecule has 0 spiro atoms. The lowest BCUT2D eigenvalue weighted by atomic mass is 10.0. The van der Waals surface area contributed by atoms with Crippen molar-refractivity contribution in [1.29, 1.82) is 0 Å². The first-order valence-electron chi connectivity index (χ1n) is 9.56. The second-order valence-electron chi connectivity index (χ2n) is 6.98. The predicted molar refractivity (Wildman–Crippen MR) is 107 cm³/mol. The SMILES string of the molecule is O=C(O)c1ccc2noc(-c3ccc(C(O)NCCN4CCOCC4)cc3)c2c1. The number of aliphatic hydroxyl groups excluding tert-OH is 1. The minimum absolute atomic E-state index is 0.179. The van der Waals surface area contributed by atoms with Crippen molar-refractivity contribution < 1.29 is 24.3 Å². The monoisotopic (exact) mass is 397 g/mol. The number of morpholine rings is 1. The maximum Gasteiger partial charge on any atom is 0.335 e. The van der Waals surface area contributed by atoms with E-state index in [2.05, 4.69) is 15.4 Å². The van der Waals surface area contributed by atoms with Crippen LogP contribution in [-0.4, -0.2) is 65.6 Å². The Morgan fingerprint density at radius 3 is 2.66 bits per heavy atom. The Morgan fingerprint density at radius 1 is 1.17 bits per heavy atom. The molecule has 0 radical (unpaired) electrons. The maximum absolute atomic E-state index is 11.2.